The molecule has 1 aromatic rings. The molecule has 5 nitrogen and oxygen atoms in total. The molecule has 0 aliphatic carbocycles. The third-order valence-corrected chi connectivity index (χ3v) is 2.19. The first-order chi connectivity index (χ1) is 7.10. The second kappa shape index (κ2) is 4.93. The van der Waals surface area contributed by atoms with Crippen molar-refractivity contribution in [1.82, 2.24) is 10.2 Å². The number of hydrogen-bond acceptors (Lipinski definition) is 5. The lowest BCUT2D eigenvalue weighted by atomic mass is 10.3. The standard InChI is InChI=1S/C9H12ClN3O2/c1-4-13(2)6-5-7(10)11-12-8(6)9(14)15-3/h5H,4H2,1-3H3. The second-order valence-electron chi connectivity index (χ2n) is 2.91. The fraction of sp³-hybridized carbons (Fsp3) is 0.444. The van der Waals surface area contributed by atoms with E-state index in [0.717, 1.165) is 6.54 Å². The van der Waals surface area contributed by atoms with Gasteiger partial charge in [0.25, 0.3) is 0 Å². The minimum atomic E-state index is -0.519. The van der Waals surface area contributed by atoms with Crippen LogP contribution < -0.4 is 4.90 Å². The van der Waals surface area contributed by atoms with Crippen molar-refractivity contribution in [2.45, 2.75) is 6.92 Å². The Kier molecular flexibility index (Phi) is 3.85. The summed E-state index contributed by atoms with van der Waals surface area (Å²) in [7, 11) is 3.13. The topological polar surface area (TPSA) is 55.3 Å². The first-order valence-corrected chi connectivity index (χ1v) is 4.80. The van der Waals surface area contributed by atoms with Crippen LogP contribution in [0, 0.1) is 0 Å². The van der Waals surface area contributed by atoms with E-state index in [0.29, 0.717) is 5.69 Å². The van der Waals surface area contributed by atoms with Crippen LogP contribution in [0.5, 0.6) is 0 Å². The average Bonchev–Trinajstić information content (AvgIpc) is 2.26. The number of hydrogen-bond donors (Lipinski definition) is 0. The van der Waals surface area contributed by atoms with Crippen LogP contribution in [0.15, 0.2) is 6.07 Å². The largest absolute Gasteiger partial charge is 0.464 e. The number of rotatable bonds is 3. The Bertz CT molecular complexity index is 370. The van der Waals surface area contributed by atoms with Gasteiger partial charge in [0.15, 0.2) is 10.8 Å². The summed E-state index contributed by atoms with van der Waals surface area (Å²) in [6, 6.07) is 1.59. The molecule has 0 aliphatic heterocycles. The number of anilines is 1. The summed E-state index contributed by atoms with van der Waals surface area (Å²) in [6.45, 7) is 2.68. The van der Waals surface area contributed by atoms with Crippen LogP contribution in [0.2, 0.25) is 5.15 Å². The molecule has 1 aromatic heterocycles. The molecule has 0 spiro atoms. The molecular formula is C9H12ClN3O2. The molecule has 15 heavy (non-hydrogen) atoms. The van der Waals surface area contributed by atoms with Crippen LogP contribution in [0.4, 0.5) is 5.69 Å². The van der Waals surface area contributed by atoms with Crippen molar-refractivity contribution in [1.29, 1.82) is 0 Å². The molecule has 1 rings (SSSR count). The average molecular weight is 230 g/mol. The molecule has 0 unspecified atom stereocenters. The number of halogens is 1. The van der Waals surface area contributed by atoms with Gasteiger partial charge in [0.2, 0.25) is 0 Å². The van der Waals surface area contributed by atoms with Gasteiger partial charge in [0.05, 0.1) is 12.8 Å². The Hall–Kier alpha value is -1.36. The van der Waals surface area contributed by atoms with E-state index in [1.807, 2.05) is 18.9 Å². The molecule has 0 saturated carbocycles. The molecule has 82 valence electrons. The van der Waals surface area contributed by atoms with Gasteiger partial charge in [-0.3, -0.25) is 0 Å². The highest BCUT2D eigenvalue weighted by molar-refractivity contribution is 6.29. The summed E-state index contributed by atoms with van der Waals surface area (Å²) in [6.07, 6.45) is 0. The number of esters is 1. The third-order valence-electron chi connectivity index (χ3n) is 2.01. The highest BCUT2D eigenvalue weighted by Gasteiger charge is 2.17. The van der Waals surface area contributed by atoms with Gasteiger partial charge < -0.3 is 9.64 Å². The van der Waals surface area contributed by atoms with Gasteiger partial charge in [0, 0.05) is 19.7 Å². The van der Waals surface area contributed by atoms with E-state index >= 15 is 0 Å². The quantitative estimate of drug-likeness (QED) is 0.733. The van der Waals surface area contributed by atoms with Crippen LogP contribution in [0.1, 0.15) is 17.4 Å². The number of methoxy groups -OCH3 is 1. The zero-order valence-corrected chi connectivity index (χ0v) is 9.58. The summed E-state index contributed by atoms with van der Waals surface area (Å²) < 4.78 is 4.60. The maximum atomic E-state index is 11.4. The van der Waals surface area contributed by atoms with Crippen LogP contribution in [0.25, 0.3) is 0 Å². The molecule has 0 amide bonds. The SMILES string of the molecule is CCN(C)c1cc(Cl)nnc1C(=O)OC. The van der Waals surface area contributed by atoms with Gasteiger partial charge in [-0.1, -0.05) is 11.6 Å². The van der Waals surface area contributed by atoms with Crippen LogP contribution in [-0.2, 0) is 4.74 Å². The lowest BCUT2D eigenvalue weighted by Crippen LogP contribution is -2.21. The van der Waals surface area contributed by atoms with E-state index in [2.05, 4.69) is 14.9 Å². The molecule has 0 fully saturated rings. The predicted octanol–water partition coefficient (Wildman–Crippen LogP) is 1.37. The van der Waals surface area contributed by atoms with Crippen LogP contribution >= 0.6 is 11.6 Å². The first kappa shape index (κ1) is 11.7. The van der Waals surface area contributed by atoms with Gasteiger partial charge in [-0.25, -0.2) is 4.79 Å². The summed E-state index contributed by atoms with van der Waals surface area (Å²) in [5, 5.41) is 7.58. The Labute approximate surface area is 93.0 Å². The zero-order chi connectivity index (χ0) is 11.4. The third kappa shape index (κ3) is 2.56. The fourth-order valence-electron chi connectivity index (χ4n) is 1.06. The number of carbonyl (C=O) groups is 1. The molecule has 0 aliphatic rings. The van der Waals surface area contributed by atoms with E-state index in [4.69, 9.17) is 11.6 Å². The molecule has 0 atom stereocenters. The normalized spacial score (nSPS) is 9.87. The maximum absolute atomic E-state index is 11.4. The van der Waals surface area contributed by atoms with Crippen molar-refractivity contribution in [2.24, 2.45) is 0 Å². The van der Waals surface area contributed by atoms with Crippen LogP contribution in [-0.4, -0.2) is 36.9 Å². The number of nitrogens with zero attached hydrogens (tertiary/aromatic N) is 3. The van der Waals surface area contributed by atoms with E-state index in [1.165, 1.54) is 7.11 Å². The Morgan fingerprint density at radius 1 is 1.60 bits per heavy atom. The Morgan fingerprint density at radius 3 is 2.80 bits per heavy atom. The summed E-state index contributed by atoms with van der Waals surface area (Å²) >= 11 is 5.71. The van der Waals surface area contributed by atoms with Gasteiger partial charge in [0.1, 0.15) is 0 Å². The van der Waals surface area contributed by atoms with E-state index in [-0.39, 0.29) is 10.8 Å². The molecule has 0 N–H and O–H groups in total. The number of aromatic nitrogens is 2. The van der Waals surface area contributed by atoms with Crippen LogP contribution in [0.3, 0.4) is 0 Å². The lowest BCUT2D eigenvalue weighted by Gasteiger charge is -2.18. The van der Waals surface area contributed by atoms with Gasteiger partial charge in [-0.15, -0.1) is 10.2 Å². The maximum Gasteiger partial charge on any atom is 0.360 e. The molecule has 0 radical (unpaired) electrons. The Balaban J connectivity index is 3.20. The van der Waals surface area contributed by atoms with Gasteiger partial charge in [-0.05, 0) is 6.92 Å². The fourth-order valence-corrected chi connectivity index (χ4v) is 1.20. The van der Waals surface area contributed by atoms with Gasteiger partial charge >= 0.3 is 5.97 Å². The van der Waals surface area contributed by atoms with Gasteiger partial charge in [-0.2, -0.15) is 0 Å². The molecule has 0 aromatic carbocycles. The van der Waals surface area contributed by atoms with Crippen molar-refractivity contribution in [3.8, 4) is 0 Å². The molecule has 0 saturated heterocycles. The van der Waals surface area contributed by atoms with Crippen molar-refractivity contribution in [3.63, 3.8) is 0 Å². The predicted molar refractivity (Wildman–Crippen MR) is 57.3 cm³/mol. The Morgan fingerprint density at radius 2 is 2.27 bits per heavy atom. The molecule has 1 heterocycles. The van der Waals surface area contributed by atoms with Crippen molar-refractivity contribution >= 4 is 23.3 Å². The van der Waals surface area contributed by atoms with Crippen molar-refractivity contribution in [2.75, 3.05) is 25.6 Å². The first-order valence-electron chi connectivity index (χ1n) is 4.42. The van der Waals surface area contributed by atoms with E-state index in [1.54, 1.807) is 6.07 Å². The molecule has 6 heteroatoms. The molecule has 0 bridgehead atoms. The zero-order valence-electron chi connectivity index (χ0n) is 8.82. The smallest absolute Gasteiger partial charge is 0.360 e. The second-order valence-corrected chi connectivity index (χ2v) is 3.29. The summed E-state index contributed by atoms with van der Waals surface area (Å²) in [5.74, 6) is -0.519. The highest BCUT2D eigenvalue weighted by Crippen LogP contribution is 2.20. The minimum Gasteiger partial charge on any atom is -0.464 e. The van der Waals surface area contributed by atoms with Crippen molar-refractivity contribution in [3.05, 3.63) is 16.9 Å². The summed E-state index contributed by atoms with van der Waals surface area (Å²) in [4.78, 5) is 13.2. The lowest BCUT2D eigenvalue weighted by molar-refractivity contribution is 0.0593. The number of carbonyl (C=O) groups excluding carboxylic acids is 1. The highest BCUT2D eigenvalue weighted by atomic mass is 35.5. The van der Waals surface area contributed by atoms with E-state index < -0.39 is 5.97 Å². The van der Waals surface area contributed by atoms with Crippen molar-refractivity contribution < 1.29 is 9.53 Å². The monoisotopic (exact) mass is 229 g/mol. The minimum absolute atomic E-state index is 0.172. The summed E-state index contributed by atoms with van der Waals surface area (Å²) in [5.41, 5.74) is 0.788. The van der Waals surface area contributed by atoms with E-state index in [9.17, 15) is 4.79 Å². The molecular weight excluding hydrogens is 218 g/mol. The number of ether oxygens (including phenoxy) is 1.